The molecule has 4 aromatic rings. The highest BCUT2D eigenvalue weighted by molar-refractivity contribution is 5.79. The molecule has 39 heavy (non-hydrogen) atoms. The second-order valence-corrected chi connectivity index (χ2v) is 9.47. The van der Waals surface area contributed by atoms with Gasteiger partial charge < -0.3 is 19.3 Å². The molecule has 0 spiro atoms. The highest BCUT2D eigenvalue weighted by Crippen LogP contribution is 2.23. The summed E-state index contributed by atoms with van der Waals surface area (Å²) in [7, 11) is 0. The van der Waals surface area contributed by atoms with Crippen LogP contribution in [0, 0.1) is 0 Å². The molecule has 2 amide bonds. The first-order valence-electron chi connectivity index (χ1n) is 13.3. The Morgan fingerprint density at radius 1 is 0.487 bits per heavy atom. The summed E-state index contributed by atoms with van der Waals surface area (Å²) in [6.45, 7) is 2.10. The molecule has 1 aliphatic heterocycles. The highest BCUT2D eigenvalue weighted by Gasteiger charge is 2.22. The fourth-order valence-electron chi connectivity index (χ4n) is 4.64. The number of hydrogen-bond acceptors (Lipinski definition) is 4. The molecule has 6 nitrogen and oxygen atoms in total. The van der Waals surface area contributed by atoms with Gasteiger partial charge in [0, 0.05) is 26.2 Å². The third-order valence-electron chi connectivity index (χ3n) is 6.85. The van der Waals surface area contributed by atoms with E-state index in [1.807, 2.05) is 84.9 Å². The largest absolute Gasteiger partial charge is 0.484 e. The van der Waals surface area contributed by atoms with Crippen molar-refractivity contribution in [3.8, 4) is 33.8 Å². The Morgan fingerprint density at radius 2 is 0.846 bits per heavy atom. The topological polar surface area (TPSA) is 59.1 Å². The van der Waals surface area contributed by atoms with Crippen molar-refractivity contribution in [1.29, 1.82) is 0 Å². The molecule has 0 bridgehead atoms. The lowest BCUT2D eigenvalue weighted by Gasteiger charge is -2.22. The number of ether oxygens (including phenoxy) is 2. The predicted octanol–water partition coefficient (Wildman–Crippen LogP) is 5.54. The summed E-state index contributed by atoms with van der Waals surface area (Å²) in [6.07, 6.45) is 0.717. The summed E-state index contributed by atoms with van der Waals surface area (Å²) in [5.74, 6) is 1.16. The lowest BCUT2D eigenvalue weighted by atomic mass is 10.1. The van der Waals surface area contributed by atoms with Gasteiger partial charge in [0.2, 0.25) is 0 Å². The smallest absolute Gasteiger partial charge is 0.260 e. The molecule has 0 radical (unpaired) electrons. The van der Waals surface area contributed by atoms with E-state index in [9.17, 15) is 9.59 Å². The molecule has 198 valence electrons. The van der Waals surface area contributed by atoms with E-state index in [0.717, 1.165) is 28.7 Å². The number of benzene rings is 4. The zero-order chi connectivity index (χ0) is 26.9. The maximum atomic E-state index is 12.8. The molecule has 6 heteroatoms. The quantitative estimate of drug-likeness (QED) is 0.306. The van der Waals surface area contributed by atoms with Gasteiger partial charge in [0.25, 0.3) is 11.8 Å². The molecule has 5 rings (SSSR count). The molecule has 1 fully saturated rings. The minimum Gasteiger partial charge on any atom is -0.484 e. The van der Waals surface area contributed by atoms with Crippen LogP contribution in [0.2, 0.25) is 0 Å². The number of carbonyl (C=O) groups is 2. The van der Waals surface area contributed by atoms with Gasteiger partial charge in [0.05, 0.1) is 0 Å². The van der Waals surface area contributed by atoms with Crippen molar-refractivity contribution in [2.45, 2.75) is 6.42 Å². The molecular formula is C33H32N2O4. The monoisotopic (exact) mass is 520 g/mol. The molecule has 0 atom stereocenters. The second kappa shape index (κ2) is 12.8. The van der Waals surface area contributed by atoms with Crippen molar-refractivity contribution >= 4 is 11.8 Å². The first kappa shape index (κ1) is 26.0. The van der Waals surface area contributed by atoms with Gasteiger partial charge in [0.15, 0.2) is 13.2 Å². The Kier molecular flexibility index (Phi) is 8.54. The van der Waals surface area contributed by atoms with Gasteiger partial charge in [-0.3, -0.25) is 9.59 Å². The summed E-state index contributed by atoms with van der Waals surface area (Å²) in [6, 6.07) is 35.7. The summed E-state index contributed by atoms with van der Waals surface area (Å²) >= 11 is 0. The van der Waals surface area contributed by atoms with Crippen LogP contribution in [0.4, 0.5) is 0 Å². The average molecular weight is 521 g/mol. The lowest BCUT2D eigenvalue weighted by molar-refractivity contribution is -0.135. The van der Waals surface area contributed by atoms with Crippen LogP contribution in [-0.2, 0) is 9.59 Å². The van der Waals surface area contributed by atoms with Crippen LogP contribution in [0.3, 0.4) is 0 Å². The van der Waals surface area contributed by atoms with Crippen LogP contribution in [-0.4, -0.2) is 61.0 Å². The van der Waals surface area contributed by atoms with Crippen molar-refractivity contribution in [2.75, 3.05) is 39.4 Å². The molecule has 0 aromatic heterocycles. The van der Waals surface area contributed by atoms with E-state index in [0.29, 0.717) is 37.7 Å². The van der Waals surface area contributed by atoms with Gasteiger partial charge in [-0.15, -0.1) is 0 Å². The fourth-order valence-corrected chi connectivity index (χ4v) is 4.64. The standard InChI is InChI=1S/C33H32N2O4/c36-32(24-38-30-16-12-28(13-17-30)26-8-3-1-4-9-26)34-20-7-21-35(23-22-34)33(37)25-39-31-18-14-29(15-19-31)27-10-5-2-6-11-27/h1-6,8-19H,7,20-25H2. The van der Waals surface area contributed by atoms with Gasteiger partial charge in [-0.05, 0) is 52.9 Å². The predicted molar refractivity (Wildman–Crippen MR) is 153 cm³/mol. The van der Waals surface area contributed by atoms with Gasteiger partial charge in [-0.1, -0.05) is 84.9 Å². The maximum absolute atomic E-state index is 12.8. The SMILES string of the molecule is O=C(COc1ccc(-c2ccccc2)cc1)N1CCCN(C(=O)COc2ccc(-c3ccccc3)cc2)CC1. The van der Waals surface area contributed by atoms with Crippen molar-refractivity contribution < 1.29 is 19.1 Å². The van der Waals surface area contributed by atoms with Crippen molar-refractivity contribution in [3.63, 3.8) is 0 Å². The highest BCUT2D eigenvalue weighted by atomic mass is 16.5. The molecule has 0 saturated carbocycles. The zero-order valence-electron chi connectivity index (χ0n) is 21.9. The molecule has 1 heterocycles. The van der Waals surface area contributed by atoms with Crippen molar-refractivity contribution in [1.82, 2.24) is 9.80 Å². The van der Waals surface area contributed by atoms with E-state index >= 15 is 0 Å². The number of amides is 2. The van der Waals surface area contributed by atoms with Crippen LogP contribution >= 0.6 is 0 Å². The van der Waals surface area contributed by atoms with Crippen LogP contribution < -0.4 is 9.47 Å². The minimum atomic E-state index is -0.0776. The molecule has 1 aliphatic rings. The Hall–Kier alpha value is -4.58. The van der Waals surface area contributed by atoms with Crippen molar-refractivity contribution in [3.05, 3.63) is 109 Å². The van der Waals surface area contributed by atoms with Crippen LogP contribution in [0.5, 0.6) is 11.5 Å². The molecular weight excluding hydrogens is 488 g/mol. The number of hydrogen-bond donors (Lipinski definition) is 0. The fraction of sp³-hybridized carbons (Fsp3) is 0.212. The van der Waals surface area contributed by atoms with Crippen molar-refractivity contribution in [2.24, 2.45) is 0 Å². The third kappa shape index (κ3) is 7.05. The molecule has 4 aromatic carbocycles. The minimum absolute atomic E-state index is 0.0271. The zero-order valence-corrected chi connectivity index (χ0v) is 21.9. The number of rotatable bonds is 8. The molecule has 0 N–H and O–H groups in total. The van der Waals surface area contributed by atoms with E-state index in [2.05, 4.69) is 24.3 Å². The van der Waals surface area contributed by atoms with Gasteiger partial charge >= 0.3 is 0 Å². The second-order valence-electron chi connectivity index (χ2n) is 9.47. The summed E-state index contributed by atoms with van der Waals surface area (Å²) in [5, 5.41) is 0. The van der Waals surface area contributed by atoms with Crippen LogP contribution in [0.15, 0.2) is 109 Å². The van der Waals surface area contributed by atoms with Crippen LogP contribution in [0.1, 0.15) is 6.42 Å². The number of nitrogens with zero attached hydrogens (tertiary/aromatic N) is 2. The van der Waals surface area contributed by atoms with E-state index in [-0.39, 0.29) is 25.0 Å². The molecule has 0 unspecified atom stereocenters. The van der Waals surface area contributed by atoms with Gasteiger partial charge in [0.1, 0.15) is 11.5 Å². The Balaban J connectivity index is 1.06. The van der Waals surface area contributed by atoms with E-state index in [4.69, 9.17) is 9.47 Å². The Labute approximate surface area is 229 Å². The molecule has 1 saturated heterocycles. The van der Waals surface area contributed by atoms with E-state index in [1.165, 1.54) is 0 Å². The maximum Gasteiger partial charge on any atom is 0.260 e. The first-order chi connectivity index (χ1) is 19.2. The summed E-state index contributed by atoms with van der Waals surface area (Å²) in [5.41, 5.74) is 4.46. The first-order valence-corrected chi connectivity index (χ1v) is 13.3. The van der Waals surface area contributed by atoms with Gasteiger partial charge in [-0.2, -0.15) is 0 Å². The van der Waals surface area contributed by atoms with Crippen LogP contribution in [0.25, 0.3) is 22.3 Å². The summed E-state index contributed by atoms with van der Waals surface area (Å²) < 4.78 is 11.5. The summed E-state index contributed by atoms with van der Waals surface area (Å²) in [4.78, 5) is 29.2. The lowest BCUT2D eigenvalue weighted by Crippen LogP contribution is -2.40. The Morgan fingerprint density at radius 3 is 1.23 bits per heavy atom. The van der Waals surface area contributed by atoms with Gasteiger partial charge in [-0.25, -0.2) is 0 Å². The number of carbonyl (C=O) groups excluding carboxylic acids is 2. The average Bonchev–Trinajstić information content (AvgIpc) is 3.27. The van der Waals surface area contributed by atoms with E-state index < -0.39 is 0 Å². The van der Waals surface area contributed by atoms with E-state index in [1.54, 1.807) is 9.80 Å². The molecule has 0 aliphatic carbocycles. The normalized spacial score (nSPS) is 13.4. The Bertz CT molecular complexity index is 1250. The third-order valence-corrected chi connectivity index (χ3v) is 6.85.